The molecule has 14 nitrogen and oxygen atoms in total. The quantitative estimate of drug-likeness (QED) is 0.118. The smallest absolute Gasteiger partial charge is 0.330 e. The van der Waals surface area contributed by atoms with E-state index in [1.54, 1.807) is 0 Å². The number of hydrogen-bond donors (Lipinski definition) is 8. The van der Waals surface area contributed by atoms with E-state index >= 15 is 0 Å². The number of carbonyl (C=O) groups is 1. The zero-order chi connectivity index (χ0) is 26.6. The van der Waals surface area contributed by atoms with Crippen LogP contribution >= 0.6 is 0 Å². The fourth-order valence-electron chi connectivity index (χ4n) is 3.79. The van der Waals surface area contributed by atoms with Gasteiger partial charge in [0.15, 0.2) is 17.8 Å². The Hall–Kier alpha value is -2.37. The molecule has 202 valence electrons. The second kappa shape index (κ2) is 11.8. The average Bonchev–Trinajstić information content (AvgIpc) is 3.12. The first kappa shape index (κ1) is 28.2. The zero-order valence-electron chi connectivity index (χ0n) is 19.2. The Morgan fingerprint density at radius 1 is 1.06 bits per heavy atom. The molecule has 0 unspecified atom stereocenters. The Labute approximate surface area is 205 Å². The van der Waals surface area contributed by atoms with Crippen LogP contribution in [-0.4, -0.2) is 129 Å². The topological polar surface area (TPSA) is 225 Å². The van der Waals surface area contributed by atoms with Crippen LogP contribution in [0.2, 0.25) is 0 Å². The predicted molar refractivity (Wildman–Crippen MR) is 116 cm³/mol. The van der Waals surface area contributed by atoms with Crippen LogP contribution in [0.15, 0.2) is 24.3 Å². The monoisotopic (exact) mass is 518 g/mol. The second-order valence-corrected chi connectivity index (χ2v) is 8.27. The summed E-state index contributed by atoms with van der Waals surface area (Å²) in [5.41, 5.74) is 0.510. The molecule has 0 aromatic heterocycles. The van der Waals surface area contributed by atoms with Gasteiger partial charge in [-0.1, -0.05) is 6.07 Å². The van der Waals surface area contributed by atoms with E-state index in [1.807, 2.05) is 0 Å². The molecule has 2 fully saturated rings. The number of esters is 1. The molecular formula is C22H30O14. The highest BCUT2D eigenvalue weighted by Gasteiger charge is 2.58. The zero-order valence-corrected chi connectivity index (χ0v) is 19.2. The van der Waals surface area contributed by atoms with Crippen molar-refractivity contribution in [3.8, 4) is 11.5 Å². The highest BCUT2D eigenvalue weighted by atomic mass is 16.8. The molecule has 2 aliphatic heterocycles. The molecule has 36 heavy (non-hydrogen) atoms. The average molecular weight is 518 g/mol. The summed E-state index contributed by atoms with van der Waals surface area (Å²) >= 11 is 0. The molecule has 0 aliphatic carbocycles. The predicted octanol–water partition coefficient (Wildman–Crippen LogP) is -3.42. The third kappa shape index (κ3) is 5.78. The molecule has 0 bridgehead atoms. The Balaban J connectivity index is 1.64. The third-order valence-corrected chi connectivity index (χ3v) is 5.90. The van der Waals surface area contributed by atoms with E-state index in [4.69, 9.17) is 23.7 Å². The minimum Gasteiger partial charge on any atom is -0.504 e. The highest BCUT2D eigenvalue weighted by molar-refractivity contribution is 5.87. The van der Waals surface area contributed by atoms with Crippen molar-refractivity contribution in [2.75, 3.05) is 26.9 Å². The molecule has 0 spiro atoms. The largest absolute Gasteiger partial charge is 0.504 e. The Morgan fingerprint density at radius 3 is 2.39 bits per heavy atom. The van der Waals surface area contributed by atoms with Crippen molar-refractivity contribution in [1.82, 2.24) is 0 Å². The van der Waals surface area contributed by atoms with Gasteiger partial charge < -0.3 is 64.5 Å². The summed E-state index contributed by atoms with van der Waals surface area (Å²) in [5, 5.41) is 79.6. The number of methoxy groups -OCH3 is 1. The van der Waals surface area contributed by atoms with Gasteiger partial charge in [-0.3, -0.25) is 0 Å². The van der Waals surface area contributed by atoms with Gasteiger partial charge in [-0.15, -0.1) is 0 Å². The van der Waals surface area contributed by atoms with Crippen LogP contribution in [0.3, 0.4) is 0 Å². The van der Waals surface area contributed by atoms with E-state index in [1.165, 1.54) is 31.4 Å². The first-order valence-corrected chi connectivity index (χ1v) is 10.9. The van der Waals surface area contributed by atoms with E-state index in [0.717, 1.165) is 6.08 Å². The number of phenolic OH excluding ortho intramolecular Hbond substituents is 1. The fourth-order valence-corrected chi connectivity index (χ4v) is 3.79. The number of benzene rings is 1. The molecule has 1 aromatic carbocycles. The Bertz CT molecular complexity index is 924. The van der Waals surface area contributed by atoms with E-state index < -0.39 is 80.6 Å². The molecule has 3 rings (SSSR count). The lowest BCUT2D eigenvalue weighted by Crippen LogP contribution is -2.62. The van der Waals surface area contributed by atoms with Crippen LogP contribution in [-0.2, 0) is 23.7 Å². The van der Waals surface area contributed by atoms with Crippen LogP contribution in [0, 0.1) is 0 Å². The fraction of sp³-hybridized carbons (Fsp3) is 0.591. The standard InChI is InChI=1S/C22H30O14/c1-32-12-6-10(2-4-11(12)25)3-5-15(26)33-8-14-16(27)18(29)19(30)21(34-14)36-22(9-24)20(31)17(28)13(7-23)35-22/h2-6,13-14,16-21,23-25,27-31H,7-9H2,1H3/b5-3+/t13-,14+,16-,17+,18-,19-,20+,21-,22+/m0/s1. The van der Waals surface area contributed by atoms with Gasteiger partial charge in [0.1, 0.15) is 55.9 Å². The van der Waals surface area contributed by atoms with E-state index in [-0.39, 0.29) is 11.5 Å². The lowest BCUT2D eigenvalue weighted by Gasteiger charge is -2.43. The number of hydrogen-bond acceptors (Lipinski definition) is 14. The summed E-state index contributed by atoms with van der Waals surface area (Å²) in [6, 6.07) is 4.36. The molecule has 2 heterocycles. The van der Waals surface area contributed by atoms with Crippen LogP contribution in [0.25, 0.3) is 6.08 Å². The van der Waals surface area contributed by atoms with Crippen LogP contribution in [0.5, 0.6) is 11.5 Å². The first-order chi connectivity index (χ1) is 17.1. The van der Waals surface area contributed by atoms with Gasteiger partial charge in [-0.05, 0) is 23.8 Å². The van der Waals surface area contributed by atoms with Crippen molar-refractivity contribution in [2.45, 2.75) is 54.8 Å². The number of rotatable bonds is 9. The maximum Gasteiger partial charge on any atom is 0.330 e. The normalized spacial score (nSPS) is 36.8. The van der Waals surface area contributed by atoms with Crippen molar-refractivity contribution >= 4 is 12.0 Å². The van der Waals surface area contributed by atoms with Crippen molar-refractivity contribution < 1.29 is 69.3 Å². The molecule has 0 amide bonds. The Morgan fingerprint density at radius 2 is 1.78 bits per heavy atom. The lowest BCUT2D eigenvalue weighted by molar-refractivity contribution is -0.383. The minimum atomic E-state index is -2.32. The van der Waals surface area contributed by atoms with E-state index in [9.17, 15) is 45.6 Å². The number of aliphatic hydroxyl groups excluding tert-OH is 7. The molecule has 1 aromatic rings. The van der Waals surface area contributed by atoms with Gasteiger partial charge in [0.05, 0.1) is 13.7 Å². The Kier molecular flexibility index (Phi) is 9.23. The minimum absolute atomic E-state index is 0.0851. The molecule has 2 aliphatic rings. The SMILES string of the molecule is COc1cc(/C=C/C(=O)OC[C@H]2O[C@@H](O[C@@]3(CO)O[C@@H](CO)[C@@H](O)[C@H]3O)[C@@H](O)[C@@H](O)[C@H]2O)ccc1O. The van der Waals surface area contributed by atoms with Crippen molar-refractivity contribution in [3.63, 3.8) is 0 Å². The summed E-state index contributed by atoms with van der Waals surface area (Å²) < 4.78 is 26.0. The van der Waals surface area contributed by atoms with Crippen molar-refractivity contribution in [2.24, 2.45) is 0 Å². The number of aromatic hydroxyl groups is 1. The molecule has 2 saturated heterocycles. The summed E-state index contributed by atoms with van der Waals surface area (Å²) in [6.45, 7) is -2.34. The molecule has 0 radical (unpaired) electrons. The van der Waals surface area contributed by atoms with Crippen molar-refractivity contribution in [3.05, 3.63) is 29.8 Å². The van der Waals surface area contributed by atoms with E-state index in [2.05, 4.69) is 0 Å². The highest BCUT2D eigenvalue weighted by Crippen LogP contribution is 2.36. The molecule has 14 heteroatoms. The summed E-state index contributed by atoms with van der Waals surface area (Å²) in [7, 11) is 1.36. The number of aliphatic hydroxyl groups is 7. The number of carbonyl (C=O) groups excluding carboxylic acids is 1. The maximum atomic E-state index is 12.1. The van der Waals surface area contributed by atoms with E-state index in [0.29, 0.717) is 5.56 Å². The van der Waals surface area contributed by atoms with Crippen LogP contribution in [0.4, 0.5) is 0 Å². The van der Waals surface area contributed by atoms with Gasteiger partial charge in [-0.25, -0.2) is 4.79 Å². The lowest BCUT2D eigenvalue weighted by atomic mass is 9.99. The number of phenols is 1. The number of ether oxygens (including phenoxy) is 5. The van der Waals surface area contributed by atoms with Crippen LogP contribution < -0.4 is 4.74 Å². The van der Waals surface area contributed by atoms with Gasteiger partial charge in [0.25, 0.3) is 0 Å². The summed E-state index contributed by atoms with van der Waals surface area (Å²) in [5.74, 6) is -3.07. The van der Waals surface area contributed by atoms with Gasteiger partial charge in [0, 0.05) is 6.08 Å². The summed E-state index contributed by atoms with van der Waals surface area (Å²) in [6.07, 6.45) is -11.1. The van der Waals surface area contributed by atoms with Crippen LogP contribution in [0.1, 0.15) is 5.56 Å². The van der Waals surface area contributed by atoms with Gasteiger partial charge >= 0.3 is 5.97 Å². The third-order valence-electron chi connectivity index (χ3n) is 5.90. The molecule has 8 N–H and O–H groups in total. The van der Waals surface area contributed by atoms with Gasteiger partial charge in [0.2, 0.25) is 5.79 Å². The second-order valence-electron chi connectivity index (χ2n) is 8.27. The molecule has 0 saturated carbocycles. The molecule has 9 atom stereocenters. The molecular weight excluding hydrogens is 488 g/mol. The van der Waals surface area contributed by atoms with Crippen molar-refractivity contribution in [1.29, 1.82) is 0 Å². The first-order valence-electron chi connectivity index (χ1n) is 10.9. The summed E-state index contributed by atoms with van der Waals surface area (Å²) in [4.78, 5) is 12.1. The van der Waals surface area contributed by atoms with Gasteiger partial charge in [-0.2, -0.15) is 0 Å². The maximum absolute atomic E-state index is 12.1.